The van der Waals surface area contributed by atoms with E-state index in [1.54, 1.807) is 32.9 Å². The third-order valence-electron chi connectivity index (χ3n) is 6.59. The van der Waals surface area contributed by atoms with E-state index in [9.17, 15) is 14.4 Å². The number of hydrazine groups is 1. The van der Waals surface area contributed by atoms with E-state index >= 15 is 0 Å². The lowest BCUT2D eigenvalue weighted by Crippen LogP contribution is -2.75. The lowest BCUT2D eigenvalue weighted by Gasteiger charge is -2.54. The Balaban J connectivity index is 1.60. The van der Waals surface area contributed by atoms with Gasteiger partial charge in [-0.15, -0.1) is 0 Å². The number of rotatable bonds is 7. The summed E-state index contributed by atoms with van der Waals surface area (Å²) in [5, 5.41) is 6.21. The number of benzene rings is 2. The molecule has 0 bridgehead atoms. The van der Waals surface area contributed by atoms with Crippen molar-refractivity contribution >= 4 is 31.2 Å². The van der Waals surface area contributed by atoms with Crippen LogP contribution in [-0.4, -0.2) is 77.9 Å². The first-order chi connectivity index (χ1) is 16.9. The number of carbonyl (C=O) groups excluding carboxylic acids is 3. The molecule has 0 aliphatic carbocycles. The number of likely N-dealkylation sites (N-methyl/N-ethyl adjacent to an activating group) is 1. The number of fused-ring (bicyclic) bond motifs is 1. The normalized spacial score (nSPS) is 20.7. The van der Waals surface area contributed by atoms with Crippen LogP contribution < -0.4 is 10.8 Å². The second-order valence-corrected chi connectivity index (χ2v) is 9.21. The Morgan fingerprint density at radius 1 is 1.09 bits per heavy atom. The lowest BCUT2D eigenvalue weighted by molar-refractivity contribution is -0.188. The fourth-order valence-corrected chi connectivity index (χ4v) is 4.89. The summed E-state index contributed by atoms with van der Waals surface area (Å²) in [6.07, 6.45) is 1.70. The van der Waals surface area contributed by atoms with Gasteiger partial charge in [-0.3, -0.25) is 9.59 Å². The van der Waals surface area contributed by atoms with Crippen molar-refractivity contribution in [2.75, 3.05) is 20.1 Å². The van der Waals surface area contributed by atoms with Gasteiger partial charge in [-0.25, -0.2) is 14.8 Å². The van der Waals surface area contributed by atoms with Gasteiger partial charge in [0, 0.05) is 20.1 Å². The first-order valence-electron chi connectivity index (χ1n) is 12.2. The Hall–Kier alpha value is -3.33. The van der Waals surface area contributed by atoms with Crippen LogP contribution in [0.5, 0.6) is 0 Å². The number of hydrogen-bond donors (Lipinski definition) is 1. The summed E-state index contributed by atoms with van der Waals surface area (Å²) in [5.41, 5.74) is 2.53. The molecule has 4 rings (SSSR count). The van der Waals surface area contributed by atoms with Crippen LogP contribution in [0.2, 0.25) is 0 Å². The number of nitrogens with zero attached hydrogens (tertiary/aromatic N) is 4. The summed E-state index contributed by atoms with van der Waals surface area (Å²) in [6.45, 7) is 3.07. The highest BCUT2D eigenvalue weighted by Gasteiger charge is 2.50. The molecule has 4 amide bonds. The van der Waals surface area contributed by atoms with Gasteiger partial charge in [-0.2, -0.15) is 0 Å². The monoisotopic (exact) mass is 473 g/mol. The molecule has 182 valence electrons. The molecule has 2 aromatic carbocycles. The largest absolute Gasteiger partial charge is 0.334 e. The van der Waals surface area contributed by atoms with Gasteiger partial charge in [0.25, 0.3) is 0 Å². The smallest absolute Gasteiger partial charge is 0.333 e. The zero-order valence-electron chi connectivity index (χ0n) is 20.4. The summed E-state index contributed by atoms with van der Waals surface area (Å²) in [4.78, 5) is 43.5. The number of unbranched alkanes of at least 4 members (excludes halogenated alkanes) is 1. The van der Waals surface area contributed by atoms with E-state index in [-0.39, 0.29) is 30.9 Å². The van der Waals surface area contributed by atoms with Crippen molar-refractivity contribution in [3.8, 4) is 0 Å². The molecule has 2 heterocycles. The van der Waals surface area contributed by atoms with Crippen molar-refractivity contribution in [2.45, 2.75) is 51.5 Å². The van der Waals surface area contributed by atoms with Gasteiger partial charge in [0.1, 0.15) is 20.1 Å². The third kappa shape index (κ3) is 5.51. The van der Waals surface area contributed by atoms with Gasteiger partial charge < -0.3 is 15.1 Å². The maximum atomic E-state index is 13.6. The molecule has 0 aromatic heterocycles. The highest BCUT2D eigenvalue weighted by atomic mass is 16.2. The molecule has 35 heavy (non-hydrogen) atoms. The molecule has 2 radical (unpaired) electrons. The molecular weight excluding hydrogens is 441 g/mol. The number of hydrogen-bond acceptors (Lipinski definition) is 4. The molecule has 0 spiro atoms. The molecule has 0 unspecified atom stereocenters. The fourth-order valence-electron chi connectivity index (χ4n) is 4.89. The first-order valence-corrected chi connectivity index (χ1v) is 12.2. The van der Waals surface area contributed by atoms with Gasteiger partial charge in [0.15, 0.2) is 0 Å². The minimum Gasteiger partial charge on any atom is -0.333 e. The molecule has 2 aliphatic heterocycles. The number of amides is 4. The summed E-state index contributed by atoms with van der Waals surface area (Å²) < 4.78 is 0. The van der Waals surface area contributed by atoms with Crippen molar-refractivity contribution in [1.29, 1.82) is 0 Å². The zero-order chi connectivity index (χ0) is 24.9. The molecule has 0 saturated carbocycles. The average Bonchev–Trinajstić information content (AvgIpc) is 2.83. The third-order valence-corrected chi connectivity index (χ3v) is 6.59. The minimum absolute atomic E-state index is 0.0420. The number of carbonyl (C=O) groups is 3. The SMILES string of the molecule is [B]c1cccc(CN2C[C@H]3N(C(=O)CN(C)N3C(=O)NCc3ccccc3)[C@@H](CCCC)C2=O)c1. The maximum absolute atomic E-state index is 13.6. The summed E-state index contributed by atoms with van der Waals surface area (Å²) >= 11 is 0. The predicted octanol–water partition coefficient (Wildman–Crippen LogP) is 1.61. The van der Waals surface area contributed by atoms with E-state index in [4.69, 9.17) is 7.85 Å². The number of urea groups is 1. The lowest BCUT2D eigenvalue weighted by atomic mass is 9.94. The molecule has 2 aromatic rings. The van der Waals surface area contributed by atoms with E-state index in [1.165, 1.54) is 0 Å². The molecular formula is C26H32BN5O3. The molecule has 2 fully saturated rings. The van der Waals surface area contributed by atoms with Crippen LogP contribution in [0.4, 0.5) is 4.79 Å². The van der Waals surface area contributed by atoms with E-state index < -0.39 is 12.2 Å². The van der Waals surface area contributed by atoms with Gasteiger partial charge in [0.05, 0.1) is 13.1 Å². The Bertz CT molecular complexity index is 1070. The van der Waals surface area contributed by atoms with Crippen molar-refractivity contribution in [3.05, 3.63) is 65.7 Å². The predicted molar refractivity (Wildman–Crippen MR) is 134 cm³/mol. The van der Waals surface area contributed by atoms with Gasteiger partial charge in [-0.1, -0.05) is 79.8 Å². The van der Waals surface area contributed by atoms with Crippen LogP contribution in [-0.2, 0) is 22.7 Å². The van der Waals surface area contributed by atoms with Gasteiger partial charge in [0.2, 0.25) is 11.8 Å². The summed E-state index contributed by atoms with van der Waals surface area (Å²) in [6, 6.07) is 16.2. The Labute approximate surface area is 208 Å². The standard InChI is InChI=1S/C26H32BN5O3/c1-3-4-13-22-25(34)30(16-20-11-8-12-21(27)14-20)17-23-31(22)24(33)18-29(2)32(23)26(35)28-15-19-9-6-5-7-10-19/h5-12,14,22-23H,3-4,13,15-18H2,1-2H3,(H,28,35)/t22-,23-/m0/s1. The Kier molecular flexibility index (Phi) is 7.75. The van der Waals surface area contributed by atoms with E-state index in [0.717, 1.165) is 24.0 Å². The maximum Gasteiger partial charge on any atom is 0.334 e. The quantitative estimate of drug-likeness (QED) is 0.621. The molecule has 8 nitrogen and oxygen atoms in total. The summed E-state index contributed by atoms with van der Waals surface area (Å²) in [7, 11) is 7.69. The number of piperazine rings is 1. The van der Waals surface area contributed by atoms with Crippen LogP contribution in [0.25, 0.3) is 0 Å². The van der Waals surface area contributed by atoms with Crippen molar-refractivity contribution in [1.82, 2.24) is 25.1 Å². The van der Waals surface area contributed by atoms with Crippen LogP contribution in [0.15, 0.2) is 54.6 Å². The van der Waals surface area contributed by atoms with Crippen LogP contribution >= 0.6 is 0 Å². The van der Waals surface area contributed by atoms with Crippen LogP contribution in [0.1, 0.15) is 37.3 Å². The molecule has 9 heteroatoms. The van der Waals surface area contributed by atoms with Crippen LogP contribution in [0, 0.1) is 0 Å². The molecule has 2 aliphatic rings. The van der Waals surface area contributed by atoms with Crippen molar-refractivity contribution in [3.63, 3.8) is 0 Å². The number of nitrogens with one attached hydrogen (secondary N) is 1. The Morgan fingerprint density at radius 3 is 2.54 bits per heavy atom. The molecule has 2 saturated heterocycles. The highest BCUT2D eigenvalue weighted by molar-refractivity contribution is 6.32. The second-order valence-electron chi connectivity index (χ2n) is 9.21. The van der Waals surface area contributed by atoms with E-state index in [0.29, 0.717) is 25.0 Å². The van der Waals surface area contributed by atoms with E-state index in [2.05, 4.69) is 12.2 Å². The van der Waals surface area contributed by atoms with Crippen LogP contribution in [0.3, 0.4) is 0 Å². The molecule has 1 N–H and O–H groups in total. The van der Waals surface area contributed by atoms with Gasteiger partial charge >= 0.3 is 6.03 Å². The van der Waals surface area contributed by atoms with E-state index in [1.807, 2.05) is 48.5 Å². The zero-order valence-corrected chi connectivity index (χ0v) is 20.4. The molecule has 2 atom stereocenters. The first kappa shape index (κ1) is 24.8. The average molecular weight is 473 g/mol. The second kappa shape index (κ2) is 10.9. The Morgan fingerprint density at radius 2 is 1.83 bits per heavy atom. The van der Waals surface area contributed by atoms with Gasteiger partial charge in [-0.05, 0) is 17.5 Å². The van der Waals surface area contributed by atoms with Crippen molar-refractivity contribution in [2.24, 2.45) is 0 Å². The fraction of sp³-hybridized carbons (Fsp3) is 0.423. The highest BCUT2D eigenvalue weighted by Crippen LogP contribution is 2.29. The topological polar surface area (TPSA) is 76.2 Å². The summed E-state index contributed by atoms with van der Waals surface area (Å²) in [5.74, 6) is -0.220. The minimum atomic E-state index is -0.597. The van der Waals surface area contributed by atoms with Crippen molar-refractivity contribution < 1.29 is 14.4 Å².